The molecule has 0 aliphatic carbocycles. The molecule has 2 N–H and O–H groups in total. The SMILES string of the molecule is O=C(N/N=C/c1cccnc1)C(=O)Nc1ccc(Br)cc1. The summed E-state index contributed by atoms with van der Waals surface area (Å²) in [5, 5.41) is 6.15. The monoisotopic (exact) mass is 346 g/mol. The molecule has 2 amide bonds. The number of nitrogens with zero attached hydrogens (tertiary/aromatic N) is 2. The molecular weight excluding hydrogens is 336 g/mol. The van der Waals surface area contributed by atoms with Crippen molar-refractivity contribution in [1.82, 2.24) is 10.4 Å². The summed E-state index contributed by atoms with van der Waals surface area (Å²) in [6.07, 6.45) is 4.61. The van der Waals surface area contributed by atoms with Gasteiger partial charge in [-0.05, 0) is 30.3 Å². The Morgan fingerprint density at radius 3 is 2.57 bits per heavy atom. The molecule has 0 unspecified atom stereocenters. The van der Waals surface area contributed by atoms with E-state index in [-0.39, 0.29) is 0 Å². The minimum atomic E-state index is -0.849. The van der Waals surface area contributed by atoms with Crippen molar-refractivity contribution in [3.63, 3.8) is 0 Å². The molecule has 0 fully saturated rings. The maximum absolute atomic E-state index is 11.6. The minimum absolute atomic E-state index is 0.523. The van der Waals surface area contributed by atoms with Crippen molar-refractivity contribution in [3.05, 3.63) is 58.8 Å². The molecule has 6 nitrogen and oxygen atoms in total. The molecule has 1 heterocycles. The lowest BCUT2D eigenvalue weighted by Gasteiger charge is -2.03. The summed E-state index contributed by atoms with van der Waals surface area (Å²) in [5.41, 5.74) is 3.38. The fourth-order valence-corrected chi connectivity index (χ4v) is 1.65. The van der Waals surface area contributed by atoms with E-state index >= 15 is 0 Å². The first-order chi connectivity index (χ1) is 10.1. The van der Waals surface area contributed by atoms with E-state index in [0.29, 0.717) is 11.3 Å². The average molecular weight is 347 g/mol. The second-order valence-electron chi connectivity index (χ2n) is 3.95. The Hall–Kier alpha value is -2.54. The zero-order valence-electron chi connectivity index (χ0n) is 10.8. The summed E-state index contributed by atoms with van der Waals surface area (Å²) < 4.78 is 0.881. The van der Waals surface area contributed by atoms with Crippen LogP contribution < -0.4 is 10.7 Å². The molecule has 0 saturated carbocycles. The first-order valence-corrected chi connectivity index (χ1v) is 6.74. The molecule has 0 saturated heterocycles. The number of benzene rings is 1. The van der Waals surface area contributed by atoms with E-state index in [2.05, 4.69) is 36.8 Å². The van der Waals surface area contributed by atoms with Gasteiger partial charge in [-0.2, -0.15) is 5.10 Å². The van der Waals surface area contributed by atoms with Crippen LogP contribution in [-0.2, 0) is 9.59 Å². The number of anilines is 1. The van der Waals surface area contributed by atoms with E-state index < -0.39 is 11.8 Å². The zero-order valence-corrected chi connectivity index (χ0v) is 12.4. The summed E-state index contributed by atoms with van der Waals surface area (Å²) in [5.74, 6) is -1.64. The highest BCUT2D eigenvalue weighted by atomic mass is 79.9. The predicted molar refractivity (Wildman–Crippen MR) is 82.7 cm³/mol. The van der Waals surface area contributed by atoms with Crippen LogP contribution in [0.4, 0.5) is 5.69 Å². The highest BCUT2D eigenvalue weighted by Crippen LogP contribution is 2.13. The number of carbonyl (C=O) groups is 2. The van der Waals surface area contributed by atoms with Gasteiger partial charge in [0.05, 0.1) is 6.21 Å². The average Bonchev–Trinajstić information content (AvgIpc) is 2.50. The Labute approximate surface area is 129 Å². The van der Waals surface area contributed by atoms with Crippen LogP contribution in [0.25, 0.3) is 0 Å². The van der Waals surface area contributed by atoms with Crippen LogP contribution in [0, 0.1) is 0 Å². The van der Waals surface area contributed by atoms with Crippen LogP contribution in [0.3, 0.4) is 0 Å². The maximum Gasteiger partial charge on any atom is 0.329 e. The quantitative estimate of drug-likeness (QED) is 0.506. The van der Waals surface area contributed by atoms with E-state index in [1.165, 1.54) is 6.21 Å². The molecule has 1 aromatic heterocycles. The summed E-state index contributed by atoms with van der Waals surface area (Å²) in [6.45, 7) is 0. The normalized spacial score (nSPS) is 10.3. The number of pyridine rings is 1. The Kier molecular flexibility index (Phi) is 5.16. The molecule has 0 spiro atoms. The second-order valence-corrected chi connectivity index (χ2v) is 4.86. The summed E-state index contributed by atoms with van der Waals surface area (Å²) in [6, 6.07) is 10.4. The number of hydrazone groups is 1. The Balaban J connectivity index is 1.87. The summed E-state index contributed by atoms with van der Waals surface area (Å²) >= 11 is 3.28. The zero-order chi connectivity index (χ0) is 15.1. The fourth-order valence-electron chi connectivity index (χ4n) is 1.39. The molecular formula is C14H11BrN4O2. The van der Waals surface area contributed by atoms with Crippen LogP contribution >= 0.6 is 15.9 Å². The van der Waals surface area contributed by atoms with Crippen molar-refractivity contribution in [2.24, 2.45) is 5.10 Å². The van der Waals surface area contributed by atoms with Crippen LogP contribution in [0.1, 0.15) is 5.56 Å². The molecule has 2 rings (SSSR count). The van der Waals surface area contributed by atoms with Gasteiger partial charge in [0.1, 0.15) is 0 Å². The lowest BCUT2D eigenvalue weighted by Crippen LogP contribution is -2.32. The van der Waals surface area contributed by atoms with E-state index in [0.717, 1.165) is 4.47 Å². The molecule has 21 heavy (non-hydrogen) atoms. The van der Waals surface area contributed by atoms with Crippen molar-refractivity contribution in [1.29, 1.82) is 0 Å². The van der Waals surface area contributed by atoms with Gasteiger partial charge in [-0.1, -0.05) is 22.0 Å². The van der Waals surface area contributed by atoms with Crippen LogP contribution in [0.5, 0.6) is 0 Å². The molecule has 0 aliphatic heterocycles. The standard InChI is InChI=1S/C14H11BrN4O2/c15-11-3-5-12(6-4-11)18-13(20)14(21)19-17-9-10-2-1-7-16-8-10/h1-9H,(H,18,20)(H,19,21)/b17-9+. The molecule has 7 heteroatoms. The largest absolute Gasteiger partial charge is 0.329 e. The fraction of sp³-hybridized carbons (Fsp3) is 0. The molecule has 0 aliphatic rings. The molecule has 0 radical (unpaired) electrons. The number of halogens is 1. The molecule has 0 atom stereocenters. The van der Waals surface area contributed by atoms with Crippen LogP contribution in [0.2, 0.25) is 0 Å². The molecule has 2 aromatic rings. The van der Waals surface area contributed by atoms with Crippen molar-refractivity contribution >= 4 is 39.6 Å². The van der Waals surface area contributed by atoms with E-state index in [4.69, 9.17) is 0 Å². The molecule has 1 aromatic carbocycles. The number of carbonyl (C=O) groups excluding carboxylic acids is 2. The summed E-state index contributed by atoms with van der Waals surface area (Å²) in [4.78, 5) is 27.1. The minimum Gasteiger partial charge on any atom is -0.318 e. The smallest absolute Gasteiger partial charge is 0.318 e. The molecule has 106 valence electrons. The van der Waals surface area contributed by atoms with Gasteiger partial charge < -0.3 is 5.32 Å². The number of aromatic nitrogens is 1. The third-order valence-corrected chi connectivity index (χ3v) is 2.90. The third kappa shape index (κ3) is 4.81. The van der Waals surface area contributed by atoms with Gasteiger partial charge in [0.2, 0.25) is 0 Å². The number of hydrogen-bond donors (Lipinski definition) is 2. The number of nitrogens with one attached hydrogen (secondary N) is 2. The highest BCUT2D eigenvalue weighted by Gasteiger charge is 2.12. The van der Waals surface area contributed by atoms with Gasteiger partial charge in [-0.15, -0.1) is 0 Å². The van der Waals surface area contributed by atoms with E-state index in [9.17, 15) is 9.59 Å². The topological polar surface area (TPSA) is 83.5 Å². The van der Waals surface area contributed by atoms with Gasteiger partial charge >= 0.3 is 11.8 Å². The Bertz CT molecular complexity index is 656. The molecule has 0 bridgehead atoms. The Morgan fingerprint density at radius 2 is 1.90 bits per heavy atom. The van der Waals surface area contributed by atoms with E-state index in [1.54, 1.807) is 48.8 Å². The first kappa shape index (κ1) is 14.9. The van der Waals surface area contributed by atoms with E-state index in [1.807, 2.05) is 0 Å². The van der Waals surface area contributed by atoms with Gasteiger partial charge in [0.25, 0.3) is 0 Å². The third-order valence-electron chi connectivity index (χ3n) is 2.37. The summed E-state index contributed by atoms with van der Waals surface area (Å²) in [7, 11) is 0. The number of rotatable bonds is 3. The van der Waals surface area contributed by atoms with Crippen molar-refractivity contribution in [3.8, 4) is 0 Å². The van der Waals surface area contributed by atoms with Gasteiger partial charge in [0, 0.05) is 28.1 Å². The van der Waals surface area contributed by atoms with Crippen molar-refractivity contribution in [2.45, 2.75) is 0 Å². The van der Waals surface area contributed by atoms with Crippen LogP contribution in [0.15, 0.2) is 58.4 Å². The Morgan fingerprint density at radius 1 is 1.14 bits per heavy atom. The number of amides is 2. The van der Waals surface area contributed by atoms with Crippen molar-refractivity contribution < 1.29 is 9.59 Å². The van der Waals surface area contributed by atoms with Gasteiger partial charge in [-0.25, -0.2) is 5.43 Å². The highest BCUT2D eigenvalue weighted by molar-refractivity contribution is 9.10. The second kappa shape index (κ2) is 7.30. The number of hydrogen-bond acceptors (Lipinski definition) is 4. The predicted octanol–water partition coefficient (Wildman–Crippen LogP) is 1.93. The van der Waals surface area contributed by atoms with Gasteiger partial charge in [0.15, 0.2) is 0 Å². The van der Waals surface area contributed by atoms with Crippen molar-refractivity contribution in [2.75, 3.05) is 5.32 Å². The van der Waals surface area contributed by atoms with Gasteiger partial charge in [-0.3, -0.25) is 14.6 Å². The first-order valence-electron chi connectivity index (χ1n) is 5.95. The van der Waals surface area contributed by atoms with Crippen LogP contribution in [-0.4, -0.2) is 23.0 Å². The lowest BCUT2D eigenvalue weighted by atomic mass is 10.3. The maximum atomic E-state index is 11.6. The lowest BCUT2D eigenvalue weighted by molar-refractivity contribution is -0.136.